The predicted molar refractivity (Wildman–Crippen MR) is 77.0 cm³/mol. The first-order valence-corrected chi connectivity index (χ1v) is 8.42. The maximum Gasteiger partial charge on any atom is 0.180 e. The molecule has 0 aliphatic carbocycles. The van der Waals surface area contributed by atoms with Crippen LogP contribution < -0.4 is 4.74 Å². The summed E-state index contributed by atoms with van der Waals surface area (Å²) in [7, 11) is 0.119. The number of carbonyl (C=O) groups excluding carboxylic acids is 1. The molecule has 1 atom stereocenters. The molecule has 1 fully saturated rings. The Kier molecular flexibility index (Phi) is 4.63. The molecule has 2 rings (SSSR count). The molecular weight excluding hydrogens is 297 g/mol. The number of hydrogen-bond acceptors (Lipinski definition) is 5. The fourth-order valence-corrected chi connectivity index (χ4v) is 4.27. The Bertz CT molecular complexity index is 644. The Morgan fingerprint density at radius 3 is 2.76 bits per heavy atom. The Morgan fingerprint density at radius 1 is 1.48 bits per heavy atom. The molecule has 1 saturated heterocycles. The SMILES string of the molecule is COc1ccc(F)cc1C(=O)CN(C)C1CCS(=O)(=O)C1. The van der Waals surface area contributed by atoms with Gasteiger partial charge < -0.3 is 4.74 Å². The van der Waals surface area contributed by atoms with E-state index in [9.17, 15) is 17.6 Å². The van der Waals surface area contributed by atoms with Gasteiger partial charge in [0.25, 0.3) is 0 Å². The topological polar surface area (TPSA) is 63.7 Å². The van der Waals surface area contributed by atoms with Gasteiger partial charge in [-0.25, -0.2) is 12.8 Å². The lowest BCUT2D eigenvalue weighted by atomic mass is 10.1. The fourth-order valence-electron chi connectivity index (χ4n) is 2.46. The van der Waals surface area contributed by atoms with Crippen molar-refractivity contribution in [1.82, 2.24) is 4.90 Å². The molecule has 0 aromatic heterocycles. The number of rotatable bonds is 5. The van der Waals surface area contributed by atoms with E-state index in [1.807, 2.05) is 0 Å². The summed E-state index contributed by atoms with van der Waals surface area (Å²) in [5, 5.41) is 0. The van der Waals surface area contributed by atoms with E-state index in [0.717, 1.165) is 6.07 Å². The molecule has 5 nitrogen and oxygen atoms in total. The Morgan fingerprint density at radius 2 is 2.19 bits per heavy atom. The van der Waals surface area contributed by atoms with Crippen LogP contribution in [0.25, 0.3) is 0 Å². The lowest BCUT2D eigenvalue weighted by molar-refractivity contribution is 0.0923. The number of carbonyl (C=O) groups is 1. The third kappa shape index (κ3) is 3.79. The maximum absolute atomic E-state index is 13.3. The van der Waals surface area contributed by atoms with Crippen LogP contribution in [0.3, 0.4) is 0 Å². The molecule has 0 saturated carbocycles. The second-order valence-corrected chi connectivity index (χ2v) is 7.47. The molecule has 1 heterocycles. The van der Waals surface area contributed by atoms with Gasteiger partial charge in [-0.3, -0.25) is 9.69 Å². The van der Waals surface area contributed by atoms with E-state index in [2.05, 4.69) is 0 Å². The van der Waals surface area contributed by atoms with Crippen molar-refractivity contribution in [2.45, 2.75) is 12.5 Å². The molecule has 0 spiro atoms. The van der Waals surface area contributed by atoms with Gasteiger partial charge in [0.1, 0.15) is 11.6 Å². The summed E-state index contributed by atoms with van der Waals surface area (Å²) in [4.78, 5) is 14.0. The van der Waals surface area contributed by atoms with Crippen molar-refractivity contribution >= 4 is 15.6 Å². The summed E-state index contributed by atoms with van der Waals surface area (Å²) >= 11 is 0. The van der Waals surface area contributed by atoms with E-state index in [1.165, 1.54) is 19.2 Å². The third-order valence-electron chi connectivity index (χ3n) is 3.69. The van der Waals surface area contributed by atoms with Crippen molar-refractivity contribution in [3.05, 3.63) is 29.6 Å². The predicted octanol–water partition coefficient (Wildman–Crippen LogP) is 1.14. The van der Waals surface area contributed by atoms with Gasteiger partial charge in [0.2, 0.25) is 0 Å². The number of halogens is 1. The van der Waals surface area contributed by atoms with Crippen LogP contribution in [0.15, 0.2) is 18.2 Å². The van der Waals surface area contributed by atoms with E-state index in [-0.39, 0.29) is 35.4 Å². The first-order valence-electron chi connectivity index (χ1n) is 6.60. The Labute approximate surface area is 123 Å². The van der Waals surface area contributed by atoms with Crippen LogP contribution in [0.2, 0.25) is 0 Å². The van der Waals surface area contributed by atoms with Gasteiger partial charge in [-0.2, -0.15) is 0 Å². The average Bonchev–Trinajstić information content (AvgIpc) is 2.79. The molecule has 116 valence electrons. The van der Waals surface area contributed by atoms with Gasteiger partial charge in [0.05, 0.1) is 30.7 Å². The Balaban J connectivity index is 2.09. The summed E-state index contributed by atoms with van der Waals surface area (Å²) in [6.07, 6.45) is 0.520. The van der Waals surface area contributed by atoms with Crippen LogP contribution in [0.1, 0.15) is 16.8 Å². The first kappa shape index (κ1) is 15.9. The van der Waals surface area contributed by atoms with Crippen molar-refractivity contribution in [2.75, 3.05) is 32.2 Å². The van der Waals surface area contributed by atoms with Crippen molar-refractivity contribution in [1.29, 1.82) is 0 Å². The molecule has 1 aromatic rings. The summed E-state index contributed by atoms with van der Waals surface area (Å²) in [6.45, 7) is 0.0278. The second kappa shape index (κ2) is 6.11. The molecule has 0 radical (unpaired) electrons. The van der Waals surface area contributed by atoms with Crippen molar-refractivity contribution < 1.29 is 22.3 Å². The largest absolute Gasteiger partial charge is 0.496 e. The fraction of sp³-hybridized carbons (Fsp3) is 0.500. The van der Waals surface area contributed by atoms with Gasteiger partial charge >= 0.3 is 0 Å². The van der Waals surface area contributed by atoms with Gasteiger partial charge in [0.15, 0.2) is 15.6 Å². The second-order valence-electron chi connectivity index (χ2n) is 5.24. The quantitative estimate of drug-likeness (QED) is 0.762. The van der Waals surface area contributed by atoms with Crippen molar-refractivity contribution in [3.63, 3.8) is 0 Å². The van der Waals surface area contributed by atoms with Crippen LogP contribution in [0, 0.1) is 5.82 Å². The summed E-state index contributed by atoms with van der Waals surface area (Å²) in [5.74, 6) is -0.270. The van der Waals surface area contributed by atoms with Crippen molar-refractivity contribution in [2.24, 2.45) is 0 Å². The van der Waals surface area contributed by atoms with E-state index < -0.39 is 15.7 Å². The molecular formula is C14H18FNO4S. The van der Waals surface area contributed by atoms with Crippen LogP contribution in [-0.2, 0) is 9.84 Å². The van der Waals surface area contributed by atoms with Crippen molar-refractivity contribution in [3.8, 4) is 5.75 Å². The summed E-state index contributed by atoms with van der Waals surface area (Å²) in [5.41, 5.74) is 0.171. The summed E-state index contributed by atoms with van der Waals surface area (Å²) < 4.78 is 41.3. The molecule has 1 aliphatic rings. The average molecular weight is 315 g/mol. The highest BCUT2D eigenvalue weighted by Crippen LogP contribution is 2.22. The Hall–Kier alpha value is -1.47. The van der Waals surface area contributed by atoms with Crippen LogP contribution in [-0.4, -0.2) is 57.4 Å². The number of sulfone groups is 1. The zero-order valence-electron chi connectivity index (χ0n) is 12.0. The number of methoxy groups -OCH3 is 1. The standard InChI is InChI=1S/C14H18FNO4S/c1-16(11-5-6-21(18,19)9-11)8-13(17)12-7-10(15)3-4-14(12)20-2/h3-4,7,11H,5-6,8-9H2,1-2H3. The van der Waals surface area contributed by atoms with Gasteiger partial charge in [-0.05, 0) is 31.7 Å². The molecule has 1 aromatic carbocycles. The smallest absolute Gasteiger partial charge is 0.180 e. The molecule has 0 N–H and O–H groups in total. The highest BCUT2D eigenvalue weighted by Gasteiger charge is 2.31. The molecule has 0 bridgehead atoms. The first-order chi connectivity index (χ1) is 9.82. The van der Waals surface area contributed by atoms with Crippen LogP contribution in [0.5, 0.6) is 5.75 Å². The van der Waals surface area contributed by atoms with Crippen LogP contribution in [0.4, 0.5) is 4.39 Å². The van der Waals surface area contributed by atoms with E-state index in [0.29, 0.717) is 12.2 Å². The van der Waals surface area contributed by atoms with Gasteiger partial charge in [0, 0.05) is 6.04 Å². The maximum atomic E-state index is 13.3. The van der Waals surface area contributed by atoms with E-state index in [4.69, 9.17) is 4.74 Å². The van der Waals surface area contributed by atoms with Gasteiger partial charge in [-0.1, -0.05) is 0 Å². The third-order valence-corrected chi connectivity index (χ3v) is 5.44. The zero-order chi connectivity index (χ0) is 15.6. The number of benzene rings is 1. The lowest BCUT2D eigenvalue weighted by Crippen LogP contribution is -2.36. The zero-order valence-corrected chi connectivity index (χ0v) is 12.8. The number of ether oxygens (including phenoxy) is 1. The molecule has 1 unspecified atom stereocenters. The molecule has 21 heavy (non-hydrogen) atoms. The minimum absolute atomic E-state index is 0.0278. The number of Topliss-reactive ketones (excluding diaryl/α,β-unsaturated/α-hetero) is 1. The highest BCUT2D eigenvalue weighted by molar-refractivity contribution is 7.91. The summed E-state index contributed by atoms with van der Waals surface area (Å²) in [6, 6.07) is 3.60. The van der Waals surface area contributed by atoms with E-state index >= 15 is 0 Å². The molecule has 0 amide bonds. The molecule has 7 heteroatoms. The number of likely N-dealkylation sites (N-methyl/N-ethyl adjacent to an activating group) is 1. The highest BCUT2D eigenvalue weighted by atomic mass is 32.2. The minimum atomic E-state index is -3.00. The number of ketones is 1. The number of hydrogen-bond donors (Lipinski definition) is 0. The lowest BCUT2D eigenvalue weighted by Gasteiger charge is -2.22. The monoisotopic (exact) mass is 315 g/mol. The normalized spacial score (nSPS) is 20.7. The van der Waals surface area contributed by atoms with E-state index in [1.54, 1.807) is 11.9 Å². The number of nitrogens with zero attached hydrogens (tertiary/aromatic N) is 1. The molecule has 1 aliphatic heterocycles. The van der Waals surface area contributed by atoms with Gasteiger partial charge in [-0.15, -0.1) is 0 Å². The minimum Gasteiger partial charge on any atom is -0.496 e. The van der Waals surface area contributed by atoms with Crippen LogP contribution >= 0.6 is 0 Å².